The summed E-state index contributed by atoms with van der Waals surface area (Å²) >= 11 is 0. The lowest BCUT2D eigenvalue weighted by Crippen LogP contribution is -2.03. The Hall–Kier alpha value is -4.20. The van der Waals surface area contributed by atoms with E-state index in [9.17, 15) is 8.78 Å². The van der Waals surface area contributed by atoms with Crippen molar-refractivity contribution in [3.63, 3.8) is 0 Å². The SMILES string of the molecule is Cc1cccnc1COc1nn2c(-c3ccccc3F)nncc2c1-c1ccccc1F. The summed E-state index contributed by atoms with van der Waals surface area (Å²) in [7, 11) is 0. The van der Waals surface area contributed by atoms with E-state index in [1.165, 1.54) is 22.8 Å². The number of rotatable bonds is 5. The molecule has 2 aromatic carbocycles. The molecule has 0 radical (unpaired) electrons. The van der Waals surface area contributed by atoms with E-state index in [1.54, 1.807) is 42.6 Å². The maximum absolute atomic E-state index is 14.8. The van der Waals surface area contributed by atoms with Crippen molar-refractivity contribution in [2.24, 2.45) is 0 Å². The van der Waals surface area contributed by atoms with Crippen molar-refractivity contribution in [3.05, 3.63) is 95.9 Å². The number of pyridine rings is 1. The molecule has 5 rings (SSSR count). The highest BCUT2D eigenvalue weighted by Crippen LogP contribution is 2.37. The number of nitrogens with zero attached hydrogens (tertiary/aromatic N) is 5. The summed E-state index contributed by atoms with van der Waals surface area (Å²) in [5, 5.41) is 12.6. The van der Waals surface area contributed by atoms with E-state index in [1.807, 2.05) is 19.1 Å². The van der Waals surface area contributed by atoms with Gasteiger partial charge in [0.05, 0.1) is 23.0 Å². The van der Waals surface area contributed by atoms with E-state index in [0.717, 1.165) is 11.3 Å². The molecule has 158 valence electrons. The van der Waals surface area contributed by atoms with E-state index in [0.29, 0.717) is 16.6 Å². The van der Waals surface area contributed by atoms with Gasteiger partial charge in [-0.2, -0.15) is 5.10 Å². The third kappa shape index (κ3) is 3.45. The second kappa shape index (κ2) is 8.14. The number of fused-ring (bicyclic) bond motifs is 1. The maximum Gasteiger partial charge on any atom is 0.242 e. The molecule has 6 nitrogen and oxygen atoms in total. The molecule has 32 heavy (non-hydrogen) atoms. The Labute approximate surface area is 182 Å². The first-order valence-corrected chi connectivity index (χ1v) is 9.91. The van der Waals surface area contributed by atoms with Crippen molar-refractivity contribution in [1.29, 1.82) is 0 Å². The van der Waals surface area contributed by atoms with Crippen molar-refractivity contribution >= 4 is 5.52 Å². The molecule has 0 aliphatic heterocycles. The number of aromatic nitrogens is 5. The Morgan fingerprint density at radius 1 is 0.906 bits per heavy atom. The molecule has 0 bridgehead atoms. The van der Waals surface area contributed by atoms with E-state index in [4.69, 9.17) is 4.74 Å². The molecule has 3 heterocycles. The Kier molecular flexibility index (Phi) is 5.03. The maximum atomic E-state index is 14.8. The number of benzene rings is 2. The van der Waals surface area contributed by atoms with Crippen molar-refractivity contribution in [1.82, 2.24) is 24.8 Å². The molecule has 8 heteroatoms. The molecule has 0 atom stereocenters. The van der Waals surface area contributed by atoms with Crippen LogP contribution in [0, 0.1) is 18.6 Å². The predicted molar refractivity (Wildman–Crippen MR) is 115 cm³/mol. The molecule has 0 fully saturated rings. The van der Waals surface area contributed by atoms with Gasteiger partial charge in [-0.1, -0.05) is 36.4 Å². The van der Waals surface area contributed by atoms with E-state index in [2.05, 4.69) is 20.3 Å². The normalized spacial score (nSPS) is 11.1. The number of ether oxygens (including phenoxy) is 1. The van der Waals surface area contributed by atoms with Crippen LogP contribution in [0.5, 0.6) is 5.88 Å². The standard InChI is InChI=1S/C24H17F2N5O/c1-15-7-6-12-27-20(15)14-32-24-22(16-8-2-4-10-18(16)25)21-13-28-29-23(31(21)30-24)17-9-3-5-11-19(17)26/h2-13H,14H2,1H3. The van der Waals surface area contributed by atoms with Crippen molar-refractivity contribution < 1.29 is 13.5 Å². The molecule has 0 spiro atoms. The Balaban J connectivity index is 1.70. The first-order valence-electron chi connectivity index (χ1n) is 9.91. The zero-order valence-corrected chi connectivity index (χ0v) is 17.0. The van der Waals surface area contributed by atoms with Crippen LogP contribution in [-0.2, 0) is 6.61 Å². The minimum atomic E-state index is -0.469. The Bertz CT molecular complexity index is 1430. The van der Waals surface area contributed by atoms with Gasteiger partial charge >= 0.3 is 0 Å². The third-order valence-electron chi connectivity index (χ3n) is 5.14. The predicted octanol–water partition coefficient (Wildman–Crippen LogP) is 5.02. The first-order chi connectivity index (χ1) is 15.6. The van der Waals surface area contributed by atoms with Crippen LogP contribution < -0.4 is 4.74 Å². The molecule has 0 amide bonds. The highest BCUT2D eigenvalue weighted by Gasteiger charge is 2.23. The number of halogens is 2. The van der Waals surface area contributed by atoms with Crippen LogP contribution >= 0.6 is 0 Å². The fraction of sp³-hybridized carbons (Fsp3) is 0.0833. The molecule has 3 aromatic heterocycles. The van der Waals surface area contributed by atoms with Gasteiger partial charge in [0.15, 0.2) is 5.82 Å². The van der Waals surface area contributed by atoms with Crippen molar-refractivity contribution in [3.8, 4) is 28.4 Å². The fourth-order valence-corrected chi connectivity index (χ4v) is 3.51. The van der Waals surface area contributed by atoms with Crippen molar-refractivity contribution in [2.75, 3.05) is 0 Å². The van der Waals surface area contributed by atoms with Crippen LogP contribution in [0.4, 0.5) is 8.78 Å². The quantitative estimate of drug-likeness (QED) is 0.393. The fourth-order valence-electron chi connectivity index (χ4n) is 3.51. The van der Waals surface area contributed by atoms with Gasteiger partial charge in [0.2, 0.25) is 5.88 Å². The lowest BCUT2D eigenvalue weighted by molar-refractivity contribution is 0.288. The molecule has 0 aliphatic carbocycles. The molecule has 0 saturated heterocycles. The lowest BCUT2D eigenvalue weighted by Gasteiger charge is -2.08. The summed E-state index contributed by atoms with van der Waals surface area (Å²) in [6.07, 6.45) is 3.13. The second-order valence-electron chi connectivity index (χ2n) is 7.16. The van der Waals surface area contributed by atoms with Crippen LogP contribution in [0.1, 0.15) is 11.3 Å². The van der Waals surface area contributed by atoms with E-state index < -0.39 is 11.6 Å². The highest BCUT2D eigenvalue weighted by molar-refractivity contribution is 5.85. The number of aryl methyl sites for hydroxylation is 1. The highest BCUT2D eigenvalue weighted by atomic mass is 19.1. The summed E-state index contributed by atoms with van der Waals surface area (Å²) in [5.41, 5.74) is 3.05. The smallest absolute Gasteiger partial charge is 0.242 e. The van der Waals surface area contributed by atoms with Gasteiger partial charge in [-0.15, -0.1) is 10.2 Å². The van der Waals surface area contributed by atoms with Gasteiger partial charge in [0.1, 0.15) is 23.8 Å². The van der Waals surface area contributed by atoms with Crippen LogP contribution in [0.25, 0.3) is 28.0 Å². The van der Waals surface area contributed by atoms with Gasteiger partial charge in [0.25, 0.3) is 0 Å². The van der Waals surface area contributed by atoms with Crippen LogP contribution in [-0.4, -0.2) is 24.8 Å². The van der Waals surface area contributed by atoms with Crippen molar-refractivity contribution in [2.45, 2.75) is 13.5 Å². The molecular formula is C24H17F2N5O. The van der Waals surface area contributed by atoms with E-state index >= 15 is 0 Å². The number of hydrogen-bond donors (Lipinski definition) is 0. The second-order valence-corrected chi connectivity index (χ2v) is 7.16. The third-order valence-corrected chi connectivity index (χ3v) is 5.14. The molecular weight excluding hydrogens is 412 g/mol. The van der Waals surface area contributed by atoms with Gasteiger partial charge in [-0.25, -0.2) is 13.3 Å². The minimum Gasteiger partial charge on any atom is -0.470 e. The summed E-state index contributed by atoms with van der Waals surface area (Å²) in [5.74, 6) is -0.552. The largest absolute Gasteiger partial charge is 0.470 e. The van der Waals surface area contributed by atoms with Gasteiger partial charge in [-0.05, 0) is 36.8 Å². The lowest BCUT2D eigenvalue weighted by atomic mass is 10.1. The Morgan fingerprint density at radius 2 is 1.62 bits per heavy atom. The summed E-state index contributed by atoms with van der Waals surface area (Å²) in [6.45, 7) is 2.06. The van der Waals surface area contributed by atoms with E-state index in [-0.39, 0.29) is 23.9 Å². The zero-order chi connectivity index (χ0) is 22.1. The molecule has 5 aromatic rings. The first kappa shape index (κ1) is 19.7. The monoisotopic (exact) mass is 429 g/mol. The van der Waals surface area contributed by atoms with Gasteiger partial charge < -0.3 is 4.74 Å². The molecule has 0 aliphatic rings. The van der Waals surface area contributed by atoms with Gasteiger partial charge in [-0.3, -0.25) is 4.98 Å². The summed E-state index contributed by atoms with van der Waals surface area (Å²) < 4.78 is 36.7. The van der Waals surface area contributed by atoms with Crippen LogP contribution in [0.2, 0.25) is 0 Å². The average molecular weight is 429 g/mol. The topological polar surface area (TPSA) is 65.2 Å². The van der Waals surface area contributed by atoms with Crippen LogP contribution in [0.3, 0.4) is 0 Å². The molecule has 0 saturated carbocycles. The Morgan fingerprint density at radius 3 is 2.34 bits per heavy atom. The van der Waals surface area contributed by atoms with Gasteiger partial charge in [0, 0.05) is 11.8 Å². The zero-order valence-electron chi connectivity index (χ0n) is 17.0. The number of hydrogen-bond acceptors (Lipinski definition) is 5. The molecule has 0 N–H and O–H groups in total. The average Bonchev–Trinajstić information content (AvgIpc) is 3.18. The molecule has 0 unspecified atom stereocenters. The summed E-state index contributed by atoms with van der Waals surface area (Å²) in [4.78, 5) is 4.34. The summed E-state index contributed by atoms with van der Waals surface area (Å²) in [6, 6.07) is 16.3. The minimum absolute atomic E-state index is 0.133. The van der Waals surface area contributed by atoms with Crippen LogP contribution in [0.15, 0.2) is 73.1 Å².